The number of carbonyl (C=O) groups excluding carboxylic acids is 1. The molecule has 2 aromatic heterocycles. The van der Waals surface area contributed by atoms with Gasteiger partial charge in [0.2, 0.25) is 5.91 Å². The predicted octanol–water partition coefficient (Wildman–Crippen LogP) is 4.99. The van der Waals surface area contributed by atoms with Crippen molar-refractivity contribution in [3.8, 4) is 11.3 Å². The van der Waals surface area contributed by atoms with Gasteiger partial charge in [-0.15, -0.1) is 11.3 Å². The van der Waals surface area contributed by atoms with Gasteiger partial charge in [0.25, 0.3) is 0 Å². The maximum atomic E-state index is 13.8. The molecule has 0 radical (unpaired) electrons. The van der Waals surface area contributed by atoms with Crippen molar-refractivity contribution in [1.29, 1.82) is 0 Å². The zero-order valence-corrected chi connectivity index (χ0v) is 16.3. The van der Waals surface area contributed by atoms with Crippen LogP contribution in [0.3, 0.4) is 0 Å². The summed E-state index contributed by atoms with van der Waals surface area (Å²) in [7, 11) is 0. The van der Waals surface area contributed by atoms with Gasteiger partial charge in [-0.3, -0.25) is 4.79 Å². The first-order valence-corrected chi connectivity index (χ1v) is 10.0. The molecule has 0 fully saturated rings. The van der Waals surface area contributed by atoms with E-state index in [1.54, 1.807) is 17.4 Å². The molecule has 2 N–H and O–H groups in total. The smallest absolute Gasteiger partial charge is 0.220 e. The number of halogens is 1. The summed E-state index contributed by atoms with van der Waals surface area (Å²) in [5.41, 5.74) is 4.65. The van der Waals surface area contributed by atoms with E-state index in [-0.39, 0.29) is 11.7 Å². The second-order valence-electron chi connectivity index (χ2n) is 6.67. The average Bonchev–Trinajstić information content (AvgIpc) is 3.28. The van der Waals surface area contributed by atoms with Crippen molar-refractivity contribution >= 4 is 28.1 Å². The molecule has 0 spiro atoms. The summed E-state index contributed by atoms with van der Waals surface area (Å²) in [5, 5.41) is 6.67. The Balaban J connectivity index is 1.55. The maximum Gasteiger partial charge on any atom is 0.220 e. The van der Waals surface area contributed by atoms with Crippen LogP contribution < -0.4 is 5.32 Å². The molecule has 0 aliphatic rings. The van der Waals surface area contributed by atoms with E-state index in [0.29, 0.717) is 19.4 Å². The van der Waals surface area contributed by atoms with E-state index in [1.165, 1.54) is 12.1 Å². The van der Waals surface area contributed by atoms with E-state index in [9.17, 15) is 9.18 Å². The van der Waals surface area contributed by atoms with E-state index in [4.69, 9.17) is 0 Å². The number of amides is 1. The maximum absolute atomic E-state index is 13.8. The fourth-order valence-corrected chi connectivity index (χ4v) is 3.95. The number of benzene rings is 2. The van der Waals surface area contributed by atoms with Crippen LogP contribution >= 0.6 is 11.3 Å². The van der Waals surface area contributed by atoms with Gasteiger partial charge in [0.1, 0.15) is 5.82 Å². The Morgan fingerprint density at radius 3 is 2.79 bits per heavy atom. The summed E-state index contributed by atoms with van der Waals surface area (Å²) < 4.78 is 13.8. The van der Waals surface area contributed by atoms with Gasteiger partial charge in [-0.25, -0.2) is 9.37 Å². The van der Waals surface area contributed by atoms with Crippen LogP contribution in [-0.2, 0) is 17.8 Å². The average molecular weight is 393 g/mol. The van der Waals surface area contributed by atoms with Crippen LogP contribution in [0.4, 0.5) is 4.39 Å². The lowest BCUT2D eigenvalue weighted by molar-refractivity contribution is -0.121. The van der Waals surface area contributed by atoms with Gasteiger partial charge in [0, 0.05) is 28.4 Å². The summed E-state index contributed by atoms with van der Waals surface area (Å²) in [4.78, 5) is 20.1. The fourth-order valence-electron chi connectivity index (χ4n) is 3.34. The molecule has 2 heterocycles. The monoisotopic (exact) mass is 393 g/mol. The van der Waals surface area contributed by atoms with Crippen molar-refractivity contribution in [2.24, 2.45) is 0 Å². The quantitative estimate of drug-likeness (QED) is 0.485. The SMILES string of the molecule is Cc1nc(CNC(=O)CCc2c(-c3ccccc3)[nH]c3ccc(F)cc23)cs1. The molecule has 6 heteroatoms. The second kappa shape index (κ2) is 7.94. The molecule has 0 atom stereocenters. The minimum absolute atomic E-state index is 0.0459. The Bertz CT molecular complexity index is 1120. The first kappa shape index (κ1) is 18.4. The number of aryl methyl sites for hydroxylation is 2. The van der Waals surface area contributed by atoms with Crippen LogP contribution in [0.15, 0.2) is 53.9 Å². The van der Waals surface area contributed by atoms with E-state index < -0.39 is 0 Å². The number of aromatic amines is 1. The van der Waals surface area contributed by atoms with Crippen molar-refractivity contribution in [2.45, 2.75) is 26.3 Å². The number of aromatic nitrogens is 2. The van der Waals surface area contributed by atoms with Gasteiger partial charge in [0.15, 0.2) is 0 Å². The Morgan fingerprint density at radius 1 is 1.21 bits per heavy atom. The number of nitrogens with zero attached hydrogens (tertiary/aromatic N) is 1. The van der Waals surface area contributed by atoms with E-state index in [0.717, 1.165) is 38.4 Å². The molecule has 1 amide bonds. The van der Waals surface area contributed by atoms with Crippen LogP contribution in [0.5, 0.6) is 0 Å². The molecular weight excluding hydrogens is 373 g/mol. The molecule has 142 valence electrons. The number of hydrogen-bond donors (Lipinski definition) is 2. The number of thiazole rings is 1. The molecule has 0 aliphatic carbocycles. The highest BCUT2D eigenvalue weighted by Crippen LogP contribution is 2.31. The molecule has 4 aromatic rings. The molecule has 0 saturated heterocycles. The van der Waals surface area contributed by atoms with Gasteiger partial charge in [-0.05, 0) is 42.7 Å². The molecule has 28 heavy (non-hydrogen) atoms. The first-order valence-electron chi connectivity index (χ1n) is 9.13. The van der Waals surface area contributed by atoms with Crippen LogP contribution in [0.1, 0.15) is 22.7 Å². The summed E-state index contributed by atoms with van der Waals surface area (Å²) in [6.07, 6.45) is 0.849. The fraction of sp³-hybridized carbons (Fsp3) is 0.182. The molecule has 0 aliphatic heterocycles. The van der Waals surface area contributed by atoms with Crippen molar-refractivity contribution in [1.82, 2.24) is 15.3 Å². The minimum Gasteiger partial charge on any atom is -0.354 e. The van der Waals surface area contributed by atoms with Crippen LogP contribution in [0.25, 0.3) is 22.2 Å². The number of hydrogen-bond acceptors (Lipinski definition) is 3. The lowest BCUT2D eigenvalue weighted by Gasteiger charge is -2.06. The van der Waals surface area contributed by atoms with Gasteiger partial charge < -0.3 is 10.3 Å². The number of rotatable bonds is 6. The number of fused-ring (bicyclic) bond motifs is 1. The van der Waals surface area contributed by atoms with Crippen molar-refractivity contribution in [2.75, 3.05) is 0 Å². The van der Waals surface area contributed by atoms with E-state index >= 15 is 0 Å². The Hall–Kier alpha value is -2.99. The second-order valence-corrected chi connectivity index (χ2v) is 7.73. The van der Waals surface area contributed by atoms with Gasteiger partial charge in [0.05, 0.1) is 17.2 Å². The molecular formula is C22H20FN3OS. The van der Waals surface area contributed by atoms with Gasteiger partial charge in [-0.1, -0.05) is 30.3 Å². The Kier molecular flexibility index (Phi) is 5.21. The highest BCUT2D eigenvalue weighted by molar-refractivity contribution is 7.09. The first-order chi connectivity index (χ1) is 13.6. The zero-order valence-electron chi connectivity index (χ0n) is 15.5. The van der Waals surface area contributed by atoms with Crippen molar-refractivity contribution in [3.63, 3.8) is 0 Å². The third kappa shape index (κ3) is 3.97. The van der Waals surface area contributed by atoms with Gasteiger partial charge >= 0.3 is 0 Å². The molecule has 2 aromatic carbocycles. The molecule has 0 unspecified atom stereocenters. The summed E-state index contributed by atoms with van der Waals surface area (Å²) in [5.74, 6) is -0.328. The molecule has 4 rings (SSSR count). The molecule has 4 nitrogen and oxygen atoms in total. The van der Waals surface area contributed by atoms with Crippen LogP contribution in [0, 0.1) is 12.7 Å². The Labute approximate surface area is 166 Å². The topological polar surface area (TPSA) is 57.8 Å². The largest absolute Gasteiger partial charge is 0.354 e. The van der Waals surface area contributed by atoms with Crippen molar-refractivity contribution < 1.29 is 9.18 Å². The Morgan fingerprint density at radius 2 is 2.04 bits per heavy atom. The van der Waals surface area contributed by atoms with Crippen LogP contribution in [-0.4, -0.2) is 15.9 Å². The highest BCUT2D eigenvalue weighted by Gasteiger charge is 2.15. The standard InChI is InChI=1S/C22H20FN3OS/c1-14-25-17(13-28-14)12-24-21(27)10-8-18-19-11-16(23)7-9-20(19)26-22(18)15-5-3-2-4-6-15/h2-7,9,11,13,26H,8,10,12H2,1H3,(H,24,27). The zero-order chi connectivity index (χ0) is 19.5. The summed E-state index contributed by atoms with van der Waals surface area (Å²) >= 11 is 1.57. The lowest BCUT2D eigenvalue weighted by Crippen LogP contribution is -2.23. The third-order valence-corrected chi connectivity index (χ3v) is 5.49. The predicted molar refractivity (Wildman–Crippen MR) is 111 cm³/mol. The van der Waals surface area contributed by atoms with Gasteiger partial charge in [-0.2, -0.15) is 0 Å². The van der Waals surface area contributed by atoms with Crippen molar-refractivity contribution in [3.05, 3.63) is 76.0 Å². The number of nitrogens with one attached hydrogen (secondary N) is 2. The summed E-state index contributed by atoms with van der Waals surface area (Å²) in [6.45, 7) is 2.37. The third-order valence-electron chi connectivity index (χ3n) is 4.67. The minimum atomic E-state index is -0.282. The number of carbonyl (C=O) groups is 1. The number of H-pyrrole nitrogens is 1. The normalized spacial score (nSPS) is 11.1. The molecule has 0 bridgehead atoms. The van der Waals surface area contributed by atoms with E-state index in [2.05, 4.69) is 15.3 Å². The highest BCUT2D eigenvalue weighted by atomic mass is 32.1. The lowest BCUT2D eigenvalue weighted by atomic mass is 10.0. The van der Waals surface area contributed by atoms with Crippen LogP contribution in [0.2, 0.25) is 0 Å². The molecule has 0 saturated carbocycles. The van der Waals surface area contributed by atoms with E-state index in [1.807, 2.05) is 42.6 Å². The summed E-state index contributed by atoms with van der Waals surface area (Å²) in [6, 6.07) is 14.6.